The van der Waals surface area contributed by atoms with E-state index in [1.165, 1.54) is 29.2 Å². The lowest BCUT2D eigenvalue weighted by molar-refractivity contribution is -0.140. The molecule has 1 aliphatic carbocycles. The van der Waals surface area contributed by atoms with E-state index in [9.17, 15) is 22.4 Å². The number of rotatable bonds is 11. The second-order valence-corrected chi connectivity index (χ2v) is 12.9. The summed E-state index contributed by atoms with van der Waals surface area (Å²) in [7, 11) is -4.14. The molecule has 0 aromatic heterocycles. The lowest BCUT2D eigenvalue weighted by atomic mass is 9.95. The van der Waals surface area contributed by atoms with Crippen molar-refractivity contribution >= 4 is 27.5 Å². The highest BCUT2D eigenvalue weighted by atomic mass is 32.2. The number of hydrogen-bond donors (Lipinski definition) is 1. The number of benzene rings is 3. The fraction of sp³-hybridized carbons (Fsp3) is 0.394. The van der Waals surface area contributed by atoms with Gasteiger partial charge in [0.1, 0.15) is 18.4 Å². The van der Waals surface area contributed by atoms with Gasteiger partial charge in [0, 0.05) is 12.6 Å². The summed E-state index contributed by atoms with van der Waals surface area (Å²) in [6, 6.07) is 18.5. The smallest absolute Gasteiger partial charge is 0.264 e. The van der Waals surface area contributed by atoms with Crippen molar-refractivity contribution in [3.8, 4) is 0 Å². The van der Waals surface area contributed by atoms with E-state index in [0.717, 1.165) is 42.0 Å². The van der Waals surface area contributed by atoms with E-state index in [1.54, 1.807) is 55.5 Å². The van der Waals surface area contributed by atoms with Crippen molar-refractivity contribution in [2.75, 3.05) is 10.8 Å². The first-order valence-electron chi connectivity index (χ1n) is 14.6. The number of para-hydroxylation sites is 1. The average Bonchev–Trinajstić information content (AvgIpc) is 2.98. The van der Waals surface area contributed by atoms with Crippen molar-refractivity contribution in [2.45, 2.75) is 82.8 Å². The molecule has 1 aliphatic rings. The van der Waals surface area contributed by atoms with Crippen LogP contribution in [-0.4, -0.2) is 43.8 Å². The van der Waals surface area contributed by atoms with Crippen molar-refractivity contribution in [3.63, 3.8) is 0 Å². The number of carbonyl (C=O) groups is 2. The summed E-state index contributed by atoms with van der Waals surface area (Å²) < 4.78 is 42.9. The minimum atomic E-state index is -4.14. The van der Waals surface area contributed by atoms with Crippen molar-refractivity contribution in [1.82, 2.24) is 10.2 Å². The molecule has 1 atom stereocenters. The van der Waals surface area contributed by atoms with Gasteiger partial charge in [-0.25, -0.2) is 12.8 Å². The lowest BCUT2D eigenvalue weighted by Gasteiger charge is -2.34. The van der Waals surface area contributed by atoms with Crippen LogP contribution in [0.25, 0.3) is 0 Å². The Labute approximate surface area is 248 Å². The average molecular weight is 594 g/mol. The van der Waals surface area contributed by atoms with Gasteiger partial charge >= 0.3 is 0 Å². The third kappa shape index (κ3) is 7.56. The molecular formula is C33H40FN3O4S. The Morgan fingerprint density at radius 2 is 1.57 bits per heavy atom. The molecule has 1 fully saturated rings. The first kappa shape index (κ1) is 31.2. The number of nitrogens with zero attached hydrogens (tertiary/aromatic N) is 2. The Balaban J connectivity index is 1.71. The fourth-order valence-electron chi connectivity index (χ4n) is 5.44. The van der Waals surface area contributed by atoms with Crippen LogP contribution in [0.3, 0.4) is 0 Å². The molecule has 0 spiro atoms. The van der Waals surface area contributed by atoms with Crippen LogP contribution in [-0.2, 0) is 26.2 Å². The van der Waals surface area contributed by atoms with Gasteiger partial charge < -0.3 is 10.2 Å². The van der Waals surface area contributed by atoms with Crippen LogP contribution in [0, 0.1) is 19.7 Å². The van der Waals surface area contributed by atoms with Crippen LogP contribution < -0.4 is 9.62 Å². The van der Waals surface area contributed by atoms with Gasteiger partial charge in [0.05, 0.1) is 10.6 Å². The van der Waals surface area contributed by atoms with E-state index >= 15 is 0 Å². The minimum absolute atomic E-state index is 0.0297. The first-order valence-corrected chi connectivity index (χ1v) is 16.0. The summed E-state index contributed by atoms with van der Waals surface area (Å²) in [6.45, 7) is 5.02. The van der Waals surface area contributed by atoms with Crippen LogP contribution in [0.1, 0.15) is 62.1 Å². The van der Waals surface area contributed by atoms with Gasteiger partial charge in [-0.2, -0.15) is 0 Å². The molecule has 2 amide bonds. The molecule has 0 radical (unpaired) electrons. The number of hydrogen-bond acceptors (Lipinski definition) is 4. The number of sulfonamides is 1. The number of aryl methyl sites for hydroxylation is 2. The summed E-state index contributed by atoms with van der Waals surface area (Å²) in [5.41, 5.74) is 2.62. The third-order valence-electron chi connectivity index (χ3n) is 7.88. The highest BCUT2D eigenvalue weighted by molar-refractivity contribution is 7.92. The van der Waals surface area contributed by atoms with Gasteiger partial charge in [0.15, 0.2) is 0 Å². The zero-order valence-corrected chi connectivity index (χ0v) is 25.4. The molecule has 0 aliphatic heterocycles. The van der Waals surface area contributed by atoms with Crippen LogP contribution >= 0.6 is 0 Å². The monoisotopic (exact) mass is 593 g/mol. The van der Waals surface area contributed by atoms with E-state index in [-0.39, 0.29) is 23.4 Å². The third-order valence-corrected chi connectivity index (χ3v) is 9.65. The van der Waals surface area contributed by atoms with Crippen LogP contribution in [0.2, 0.25) is 0 Å². The Hall–Kier alpha value is -3.72. The predicted octanol–water partition coefficient (Wildman–Crippen LogP) is 5.89. The molecule has 0 heterocycles. The standard InChI is InChI=1S/C33H40FN3O4S/c1-4-30(33(39)35-28-11-6-5-7-12-28)36(22-26-16-18-27(34)19-17-26)32(38)23-37(31-13-9-8-10-25(31)3)42(40,41)29-20-14-24(2)15-21-29/h8-10,13-21,28,30H,4-7,11-12,22-23H2,1-3H3,(H,35,39)/t30-/m0/s1. The van der Waals surface area contributed by atoms with Crippen LogP contribution in [0.4, 0.5) is 10.1 Å². The number of nitrogens with one attached hydrogen (secondary N) is 1. The summed E-state index contributed by atoms with van der Waals surface area (Å²) in [5, 5.41) is 3.13. The van der Waals surface area contributed by atoms with Gasteiger partial charge in [-0.3, -0.25) is 13.9 Å². The summed E-state index contributed by atoms with van der Waals surface area (Å²) in [6.07, 6.45) is 5.35. The lowest BCUT2D eigenvalue weighted by Crippen LogP contribution is -2.54. The summed E-state index contributed by atoms with van der Waals surface area (Å²) >= 11 is 0. The first-order chi connectivity index (χ1) is 20.1. The van der Waals surface area contributed by atoms with Crippen molar-refractivity contribution in [2.24, 2.45) is 0 Å². The maximum absolute atomic E-state index is 14.2. The van der Waals surface area contributed by atoms with Gasteiger partial charge in [0.25, 0.3) is 10.0 Å². The Kier molecular flexibility index (Phi) is 10.4. The molecule has 1 saturated carbocycles. The Morgan fingerprint density at radius 3 is 2.19 bits per heavy atom. The van der Waals surface area contributed by atoms with E-state index < -0.39 is 34.3 Å². The molecule has 7 nitrogen and oxygen atoms in total. The minimum Gasteiger partial charge on any atom is -0.352 e. The fourth-order valence-corrected chi connectivity index (χ4v) is 6.92. The van der Waals surface area contributed by atoms with Crippen molar-refractivity contribution in [3.05, 3.63) is 95.3 Å². The van der Waals surface area contributed by atoms with E-state index in [1.807, 2.05) is 13.8 Å². The van der Waals surface area contributed by atoms with Gasteiger partial charge in [-0.1, -0.05) is 74.2 Å². The molecule has 0 unspecified atom stereocenters. The molecule has 3 aromatic carbocycles. The highest BCUT2D eigenvalue weighted by Gasteiger charge is 2.34. The van der Waals surface area contributed by atoms with Gasteiger partial charge in [-0.15, -0.1) is 0 Å². The van der Waals surface area contributed by atoms with Gasteiger partial charge in [0.2, 0.25) is 11.8 Å². The Morgan fingerprint density at radius 1 is 0.929 bits per heavy atom. The molecule has 1 N–H and O–H groups in total. The SMILES string of the molecule is CC[C@@H](C(=O)NC1CCCCC1)N(Cc1ccc(F)cc1)C(=O)CN(c1ccccc1C)S(=O)(=O)c1ccc(C)cc1. The number of halogens is 1. The quantitative estimate of drug-likeness (QED) is 0.300. The number of anilines is 1. The topological polar surface area (TPSA) is 86.8 Å². The molecule has 42 heavy (non-hydrogen) atoms. The number of amides is 2. The molecule has 9 heteroatoms. The Bertz CT molecular complexity index is 1470. The van der Waals surface area contributed by atoms with E-state index in [0.29, 0.717) is 23.2 Å². The second kappa shape index (κ2) is 14.0. The number of carbonyl (C=O) groups excluding carboxylic acids is 2. The largest absolute Gasteiger partial charge is 0.352 e. The normalized spacial score (nSPS) is 14.7. The molecule has 0 saturated heterocycles. The summed E-state index contributed by atoms with van der Waals surface area (Å²) in [4.78, 5) is 29.3. The molecule has 224 valence electrons. The maximum atomic E-state index is 14.2. The van der Waals surface area contributed by atoms with Crippen molar-refractivity contribution < 1.29 is 22.4 Å². The predicted molar refractivity (Wildman–Crippen MR) is 163 cm³/mol. The van der Waals surface area contributed by atoms with Crippen molar-refractivity contribution in [1.29, 1.82) is 0 Å². The molecule has 0 bridgehead atoms. The van der Waals surface area contributed by atoms with E-state index in [4.69, 9.17) is 0 Å². The highest BCUT2D eigenvalue weighted by Crippen LogP contribution is 2.28. The zero-order chi connectivity index (χ0) is 30.3. The van der Waals surface area contributed by atoms with Crippen LogP contribution in [0.15, 0.2) is 77.7 Å². The molecule has 3 aromatic rings. The second-order valence-electron chi connectivity index (χ2n) is 11.0. The van der Waals surface area contributed by atoms with Crippen LogP contribution in [0.5, 0.6) is 0 Å². The molecule has 4 rings (SSSR count). The molecular weight excluding hydrogens is 553 g/mol. The summed E-state index contributed by atoms with van der Waals surface area (Å²) in [5.74, 6) is -1.19. The maximum Gasteiger partial charge on any atom is 0.264 e. The zero-order valence-electron chi connectivity index (χ0n) is 24.6. The van der Waals surface area contributed by atoms with Gasteiger partial charge in [-0.05, 0) is 74.6 Å². The van der Waals surface area contributed by atoms with E-state index in [2.05, 4.69) is 5.32 Å².